The molecular formula is C19H24N2O3. The van der Waals surface area contributed by atoms with Gasteiger partial charge in [-0.2, -0.15) is 0 Å². The normalized spacial score (nSPS) is 20.9. The summed E-state index contributed by atoms with van der Waals surface area (Å²) in [6.45, 7) is 3.16. The highest BCUT2D eigenvalue weighted by molar-refractivity contribution is 5.96. The Kier molecular flexibility index (Phi) is 5.30. The van der Waals surface area contributed by atoms with Gasteiger partial charge in [-0.25, -0.2) is 0 Å². The summed E-state index contributed by atoms with van der Waals surface area (Å²) in [7, 11) is 0. The molecule has 0 saturated heterocycles. The molecular weight excluding hydrogens is 304 g/mol. The van der Waals surface area contributed by atoms with Crippen molar-refractivity contribution in [1.29, 1.82) is 0 Å². The Morgan fingerprint density at radius 2 is 2.08 bits per heavy atom. The maximum absolute atomic E-state index is 12.2. The minimum Gasteiger partial charge on any atom is -0.376 e. The van der Waals surface area contributed by atoms with E-state index in [9.17, 15) is 9.59 Å². The first-order valence-electron chi connectivity index (χ1n) is 8.67. The lowest BCUT2D eigenvalue weighted by molar-refractivity contribution is -0.00295. The molecule has 1 heterocycles. The average molecular weight is 328 g/mol. The second kappa shape index (κ2) is 7.62. The quantitative estimate of drug-likeness (QED) is 0.829. The molecule has 1 aliphatic carbocycles. The molecule has 5 nitrogen and oxygen atoms in total. The van der Waals surface area contributed by atoms with Gasteiger partial charge in [-0.15, -0.1) is 0 Å². The number of carbonyl (C=O) groups is 1. The molecule has 1 saturated carbocycles. The molecule has 1 fully saturated rings. The fraction of sp³-hybridized carbons (Fsp3) is 0.474. The Balaban J connectivity index is 1.54. The van der Waals surface area contributed by atoms with Crippen LogP contribution in [0.25, 0.3) is 10.8 Å². The van der Waals surface area contributed by atoms with E-state index < -0.39 is 0 Å². The smallest absolute Gasteiger partial charge is 0.267 e. The van der Waals surface area contributed by atoms with Crippen molar-refractivity contribution in [3.63, 3.8) is 0 Å². The van der Waals surface area contributed by atoms with E-state index in [2.05, 4.69) is 17.2 Å². The molecule has 0 spiro atoms. The number of hydrogen-bond acceptors (Lipinski definition) is 3. The van der Waals surface area contributed by atoms with Crippen LogP contribution in [0.15, 0.2) is 35.1 Å². The molecule has 0 radical (unpaired) electrons. The van der Waals surface area contributed by atoms with Gasteiger partial charge in [0.15, 0.2) is 0 Å². The van der Waals surface area contributed by atoms with Crippen molar-refractivity contribution in [3.05, 3.63) is 46.4 Å². The molecule has 1 aromatic heterocycles. The van der Waals surface area contributed by atoms with Crippen LogP contribution >= 0.6 is 0 Å². The minimum atomic E-state index is -0.279. The van der Waals surface area contributed by atoms with Crippen LogP contribution in [0.4, 0.5) is 0 Å². The van der Waals surface area contributed by atoms with Crippen LogP contribution in [0.5, 0.6) is 0 Å². The molecule has 3 rings (SSSR count). The van der Waals surface area contributed by atoms with Gasteiger partial charge in [0.05, 0.1) is 12.7 Å². The van der Waals surface area contributed by atoms with Gasteiger partial charge in [0, 0.05) is 11.9 Å². The van der Waals surface area contributed by atoms with Crippen molar-refractivity contribution in [3.8, 4) is 0 Å². The van der Waals surface area contributed by atoms with E-state index in [4.69, 9.17) is 4.74 Å². The van der Waals surface area contributed by atoms with Crippen molar-refractivity contribution in [2.75, 3.05) is 13.2 Å². The number of hydrogen-bond donors (Lipinski definition) is 2. The topological polar surface area (TPSA) is 71.2 Å². The maximum atomic E-state index is 12.2. The number of nitrogens with one attached hydrogen (secondary N) is 2. The largest absolute Gasteiger partial charge is 0.376 e. The molecule has 5 heteroatoms. The summed E-state index contributed by atoms with van der Waals surface area (Å²) >= 11 is 0. The van der Waals surface area contributed by atoms with Crippen molar-refractivity contribution in [2.24, 2.45) is 5.92 Å². The number of aromatic nitrogens is 1. The Morgan fingerprint density at radius 3 is 2.92 bits per heavy atom. The molecule has 0 unspecified atom stereocenters. The van der Waals surface area contributed by atoms with Gasteiger partial charge >= 0.3 is 0 Å². The predicted octanol–water partition coefficient (Wildman–Crippen LogP) is 2.85. The number of pyridine rings is 1. The first-order chi connectivity index (χ1) is 11.6. The Hall–Kier alpha value is -2.14. The van der Waals surface area contributed by atoms with E-state index in [0.717, 1.165) is 11.8 Å². The molecule has 2 atom stereocenters. The van der Waals surface area contributed by atoms with Crippen molar-refractivity contribution < 1.29 is 9.53 Å². The zero-order chi connectivity index (χ0) is 16.9. The number of ether oxygens (including phenoxy) is 1. The van der Waals surface area contributed by atoms with Gasteiger partial charge < -0.3 is 15.0 Å². The number of fused-ring (bicyclic) bond motifs is 1. The van der Waals surface area contributed by atoms with Gasteiger partial charge in [-0.05, 0) is 36.3 Å². The Bertz CT molecular complexity index is 769. The highest BCUT2D eigenvalue weighted by atomic mass is 16.5. The lowest BCUT2D eigenvalue weighted by Crippen LogP contribution is -2.32. The first-order valence-corrected chi connectivity index (χ1v) is 8.67. The summed E-state index contributed by atoms with van der Waals surface area (Å²) in [4.78, 5) is 26.9. The van der Waals surface area contributed by atoms with E-state index in [1.54, 1.807) is 18.2 Å². The number of H-pyrrole nitrogens is 1. The number of rotatable bonds is 5. The maximum Gasteiger partial charge on any atom is 0.267 e. The molecule has 1 aliphatic rings. The predicted molar refractivity (Wildman–Crippen MR) is 94.3 cm³/mol. The summed E-state index contributed by atoms with van der Waals surface area (Å²) in [6, 6.07) is 8.93. The van der Waals surface area contributed by atoms with Crippen LogP contribution in [-0.4, -0.2) is 30.1 Å². The van der Waals surface area contributed by atoms with Gasteiger partial charge in [0.2, 0.25) is 0 Å². The lowest BCUT2D eigenvalue weighted by atomic mass is 9.88. The van der Waals surface area contributed by atoms with Gasteiger partial charge in [0.25, 0.3) is 11.5 Å². The van der Waals surface area contributed by atoms with Crippen LogP contribution in [0.2, 0.25) is 0 Å². The van der Waals surface area contributed by atoms with Crippen LogP contribution in [0.1, 0.15) is 43.1 Å². The summed E-state index contributed by atoms with van der Waals surface area (Å²) in [5.41, 5.74) is 0.0373. The van der Waals surface area contributed by atoms with Crippen LogP contribution in [-0.2, 0) is 4.74 Å². The highest BCUT2D eigenvalue weighted by Gasteiger charge is 2.21. The van der Waals surface area contributed by atoms with Crippen molar-refractivity contribution >= 4 is 16.7 Å². The molecule has 2 N–H and O–H groups in total. The monoisotopic (exact) mass is 328 g/mol. The fourth-order valence-electron chi connectivity index (χ4n) is 3.33. The van der Waals surface area contributed by atoms with E-state index in [1.807, 2.05) is 12.1 Å². The second-order valence-corrected chi connectivity index (χ2v) is 6.53. The first kappa shape index (κ1) is 16.7. The number of carbonyl (C=O) groups excluding carboxylic acids is 1. The third-order valence-electron chi connectivity index (χ3n) is 4.75. The van der Waals surface area contributed by atoms with Crippen LogP contribution < -0.4 is 10.9 Å². The third-order valence-corrected chi connectivity index (χ3v) is 4.75. The second-order valence-electron chi connectivity index (χ2n) is 6.53. The molecule has 0 bridgehead atoms. The summed E-state index contributed by atoms with van der Waals surface area (Å²) in [6.07, 6.45) is 5.13. The molecule has 0 aliphatic heterocycles. The number of amides is 1. The van der Waals surface area contributed by atoms with E-state index >= 15 is 0 Å². The van der Waals surface area contributed by atoms with E-state index in [-0.39, 0.29) is 17.2 Å². The van der Waals surface area contributed by atoms with Crippen LogP contribution in [0, 0.1) is 5.92 Å². The zero-order valence-electron chi connectivity index (χ0n) is 14.0. The zero-order valence-corrected chi connectivity index (χ0v) is 14.0. The molecule has 1 amide bonds. The fourth-order valence-corrected chi connectivity index (χ4v) is 3.33. The number of benzene rings is 1. The average Bonchev–Trinajstić information content (AvgIpc) is 2.60. The Morgan fingerprint density at radius 1 is 1.29 bits per heavy atom. The van der Waals surface area contributed by atoms with E-state index in [0.29, 0.717) is 30.6 Å². The highest BCUT2D eigenvalue weighted by Crippen LogP contribution is 2.25. The molecule has 2 aromatic rings. The summed E-state index contributed by atoms with van der Waals surface area (Å²) in [5, 5.41) is 4.16. The minimum absolute atomic E-state index is 0.245. The van der Waals surface area contributed by atoms with E-state index in [1.165, 1.54) is 19.3 Å². The molecule has 24 heavy (non-hydrogen) atoms. The van der Waals surface area contributed by atoms with Gasteiger partial charge in [-0.1, -0.05) is 38.0 Å². The third kappa shape index (κ3) is 3.85. The van der Waals surface area contributed by atoms with Crippen LogP contribution in [0.3, 0.4) is 0 Å². The van der Waals surface area contributed by atoms with Crippen molar-refractivity contribution in [2.45, 2.75) is 38.7 Å². The summed E-state index contributed by atoms with van der Waals surface area (Å²) in [5.74, 6) is 0.310. The van der Waals surface area contributed by atoms with Gasteiger partial charge in [-0.3, -0.25) is 9.59 Å². The van der Waals surface area contributed by atoms with Gasteiger partial charge in [0.1, 0.15) is 5.69 Å². The van der Waals surface area contributed by atoms with Crippen molar-refractivity contribution in [1.82, 2.24) is 10.3 Å². The Labute approximate surface area is 141 Å². The lowest BCUT2D eigenvalue weighted by Gasteiger charge is -2.28. The summed E-state index contributed by atoms with van der Waals surface area (Å²) < 4.78 is 5.89. The standard InChI is InChI=1S/C19H24N2O3/c1-13-6-2-5-9-17(13)24-11-10-20-19(23)16-12-14-7-3-4-8-15(14)18(22)21-16/h3-4,7-8,12-13,17H,2,5-6,9-11H2,1H3,(H,20,23)(H,21,22)/t13-,17+/m1/s1. The molecule has 128 valence electrons. The number of aromatic amines is 1. The SMILES string of the molecule is C[C@@H]1CCCC[C@@H]1OCCNC(=O)c1cc2ccccc2c(=O)[nH]1. The molecule has 1 aromatic carbocycles.